The summed E-state index contributed by atoms with van der Waals surface area (Å²) < 4.78 is 28.5. The zero-order chi connectivity index (χ0) is 24.0. The van der Waals surface area contributed by atoms with Crippen molar-refractivity contribution in [2.24, 2.45) is 0 Å². The van der Waals surface area contributed by atoms with E-state index >= 15 is 0 Å². The van der Waals surface area contributed by atoms with E-state index < -0.39 is 9.84 Å². The molecule has 1 N–H and O–H groups in total. The Morgan fingerprint density at radius 1 is 0.941 bits per heavy atom. The summed E-state index contributed by atoms with van der Waals surface area (Å²) in [6.45, 7) is 8.17. The molecule has 0 amide bonds. The van der Waals surface area contributed by atoms with E-state index in [0.29, 0.717) is 17.3 Å². The molecule has 2 aromatic heterocycles. The Bertz CT molecular complexity index is 1640. The molecule has 0 aliphatic rings. The molecule has 8 heteroatoms. The lowest BCUT2D eigenvalue weighted by atomic mass is 10.0. The lowest BCUT2D eigenvalue weighted by molar-refractivity contribution is 0.592. The zero-order valence-corrected chi connectivity index (χ0v) is 20.3. The van der Waals surface area contributed by atoms with Gasteiger partial charge in [0.05, 0.1) is 10.4 Å². The van der Waals surface area contributed by atoms with E-state index in [9.17, 15) is 8.42 Å². The van der Waals surface area contributed by atoms with Gasteiger partial charge in [0.15, 0.2) is 5.65 Å². The highest BCUT2D eigenvalue weighted by Gasteiger charge is 2.27. The molecule has 0 aliphatic carbocycles. The maximum Gasteiger partial charge on any atom is 0.229 e. The Kier molecular flexibility index (Phi) is 5.32. The van der Waals surface area contributed by atoms with Crippen LogP contribution >= 0.6 is 0 Å². The molecule has 0 saturated carbocycles. The first-order valence-electron chi connectivity index (χ1n) is 11.1. The number of nitrogens with zero attached hydrogens (tertiary/aromatic N) is 4. The number of sulfone groups is 1. The summed E-state index contributed by atoms with van der Waals surface area (Å²) in [6.07, 6.45) is 0. The molecule has 2 heterocycles. The van der Waals surface area contributed by atoms with Crippen LogP contribution in [0, 0.1) is 13.8 Å². The van der Waals surface area contributed by atoms with Crippen molar-refractivity contribution in [2.45, 2.75) is 43.5 Å². The van der Waals surface area contributed by atoms with E-state index in [1.807, 2.05) is 68.4 Å². The van der Waals surface area contributed by atoms with Gasteiger partial charge in [0, 0.05) is 11.1 Å². The van der Waals surface area contributed by atoms with Crippen molar-refractivity contribution < 1.29 is 8.42 Å². The van der Waals surface area contributed by atoms with E-state index in [4.69, 9.17) is 4.98 Å². The number of benzene rings is 3. The number of hydrogen-bond donors (Lipinski definition) is 1. The predicted molar refractivity (Wildman–Crippen MR) is 133 cm³/mol. The van der Waals surface area contributed by atoms with Gasteiger partial charge in [-0.25, -0.2) is 13.4 Å². The molecule has 0 aliphatic heterocycles. The van der Waals surface area contributed by atoms with Crippen molar-refractivity contribution in [1.29, 1.82) is 0 Å². The van der Waals surface area contributed by atoms with Crippen LogP contribution < -0.4 is 5.32 Å². The number of aromatic nitrogens is 4. The fraction of sp³-hybridized carbons (Fsp3) is 0.192. The van der Waals surface area contributed by atoms with E-state index in [1.165, 1.54) is 4.52 Å². The van der Waals surface area contributed by atoms with E-state index in [2.05, 4.69) is 29.5 Å². The summed E-state index contributed by atoms with van der Waals surface area (Å²) in [4.78, 5) is 4.88. The van der Waals surface area contributed by atoms with Gasteiger partial charge >= 0.3 is 0 Å². The minimum atomic E-state index is -3.92. The van der Waals surface area contributed by atoms with Crippen LogP contribution in [0.1, 0.15) is 36.5 Å². The third-order valence-corrected chi connectivity index (χ3v) is 7.65. The van der Waals surface area contributed by atoms with E-state index in [-0.39, 0.29) is 15.6 Å². The summed E-state index contributed by atoms with van der Waals surface area (Å²) in [5.74, 6) is 0.851. The average molecular weight is 472 g/mol. The Morgan fingerprint density at radius 2 is 1.68 bits per heavy atom. The highest BCUT2D eigenvalue weighted by atomic mass is 32.2. The highest BCUT2D eigenvalue weighted by molar-refractivity contribution is 7.91. The van der Waals surface area contributed by atoms with Crippen LogP contribution in [-0.4, -0.2) is 28.2 Å². The monoisotopic (exact) mass is 471 g/mol. The zero-order valence-electron chi connectivity index (χ0n) is 19.4. The Labute approximate surface area is 198 Å². The SMILES string of the molecule is Cc1ccc(C)c(Nc2nc3c(S(=O)(=O)c4ccc(C(C)C)cc4)nnn3c3ccccc23)c1. The average Bonchev–Trinajstić information content (AvgIpc) is 3.26. The van der Waals surface area contributed by atoms with Crippen LogP contribution in [0.15, 0.2) is 76.7 Å². The van der Waals surface area contributed by atoms with Crippen LogP contribution in [0.4, 0.5) is 11.5 Å². The molecule has 0 fully saturated rings. The highest BCUT2D eigenvalue weighted by Crippen LogP contribution is 2.31. The van der Waals surface area contributed by atoms with Gasteiger partial charge in [-0.3, -0.25) is 0 Å². The largest absolute Gasteiger partial charge is 0.339 e. The van der Waals surface area contributed by atoms with Crippen molar-refractivity contribution in [2.75, 3.05) is 5.32 Å². The van der Waals surface area contributed by atoms with Gasteiger partial charge in [0.25, 0.3) is 0 Å². The normalized spacial score (nSPS) is 12.0. The standard InChI is InChI=1S/C26H25N5O2S/c1-16(2)19-11-13-20(14-12-19)34(32,33)26-25-28-24(27-22-15-17(3)9-10-18(22)4)21-7-5-6-8-23(21)31(25)30-29-26/h5-16H,1-4H3,(H,27,28). The first kappa shape index (κ1) is 22.0. The van der Waals surface area contributed by atoms with Crippen molar-refractivity contribution in [3.63, 3.8) is 0 Å². The van der Waals surface area contributed by atoms with Crippen molar-refractivity contribution in [3.8, 4) is 0 Å². The summed E-state index contributed by atoms with van der Waals surface area (Å²) in [5.41, 5.74) is 5.03. The van der Waals surface area contributed by atoms with Crippen molar-refractivity contribution in [3.05, 3.63) is 83.4 Å². The molecule has 172 valence electrons. The topological polar surface area (TPSA) is 89.2 Å². The van der Waals surface area contributed by atoms with Crippen LogP contribution in [0.5, 0.6) is 0 Å². The van der Waals surface area contributed by atoms with Gasteiger partial charge in [-0.2, -0.15) is 4.52 Å². The van der Waals surface area contributed by atoms with Gasteiger partial charge in [0.2, 0.25) is 14.9 Å². The molecule has 0 saturated heterocycles. The number of fused-ring (bicyclic) bond motifs is 3. The lowest BCUT2D eigenvalue weighted by Gasteiger charge is -2.13. The molecule has 34 heavy (non-hydrogen) atoms. The molecular formula is C26H25N5O2S. The molecule has 0 atom stereocenters. The fourth-order valence-corrected chi connectivity index (χ4v) is 5.19. The Balaban J connectivity index is 1.70. The maximum atomic E-state index is 13.5. The second-order valence-corrected chi connectivity index (χ2v) is 10.6. The minimum Gasteiger partial charge on any atom is -0.339 e. The summed E-state index contributed by atoms with van der Waals surface area (Å²) in [5, 5.41) is 12.3. The lowest BCUT2D eigenvalue weighted by Crippen LogP contribution is -2.06. The van der Waals surface area contributed by atoms with Gasteiger partial charge in [-0.1, -0.05) is 55.5 Å². The quantitative estimate of drug-likeness (QED) is 0.359. The maximum absolute atomic E-state index is 13.5. The van der Waals surface area contributed by atoms with Gasteiger partial charge in [0.1, 0.15) is 5.82 Å². The Morgan fingerprint density at radius 3 is 2.41 bits per heavy atom. The van der Waals surface area contributed by atoms with Crippen LogP contribution in [0.25, 0.3) is 16.6 Å². The molecule has 7 nitrogen and oxygen atoms in total. The fourth-order valence-electron chi connectivity index (χ4n) is 3.96. The van der Waals surface area contributed by atoms with Crippen LogP contribution in [0.3, 0.4) is 0 Å². The van der Waals surface area contributed by atoms with Crippen molar-refractivity contribution in [1.82, 2.24) is 19.8 Å². The van der Waals surface area contributed by atoms with Gasteiger partial charge in [-0.05, 0) is 66.8 Å². The van der Waals surface area contributed by atoms with Gasteiger partial charge in [-0.15, -0.1) is 5.10 Å². The molecule has 0 radical (unpaired) electrons. The smallest absolute Gasteiger partial charge is 0.229 e. The molecule has 0 bridgehead atoms. The Hall–Kier alpha value is -3.78. The first-order chi connectivity index (χ1) is 16.3. The summed E-state index contributed by atoms with van der Waals surface area (Å²) in [7, 11) is -3.92. The molecule has 0 unspecified atom stereocenters. The second kappa shape index (κ2) is 8.22. The first-order valence-corrected chi connectivity index (χ1v) is 12.6. The third kappa shape index (κ3) is 3.70. The second-order valence-electron chi connectivity index (χ2n) is 8.78. The number of rotatable bonds is 5. The number of nitrogens with one attached hydrogen (secondary N) is 1. The van der Waals surface area contributed by atoms with E-state index in [0.717, 1.165) is 27.8 Å². The predicted octanol–water partition coefficient (Wildman–Crippen LogP) is 5.59. The molecule has 0 spiro atoms. The number of aryl methyl sites for hydroxylation is 2. The third-order valence-electron chi connectivity index (χ3n) is 5.98. The number of hydrogen-bond acceptors (Lipinski definition) is 6. The summed E-state index contributed by atoms with van der Waals surface area (Å²) >= 11 is 0. The number of anilines is 2. The van der Waals surface area contributed by atoms with Crippen molar-refractivity contribution >= 4 is 37.9 Å². The van der Waals surface area contributed by atoms with Crippen LogP contribution in [-0.2, 0) is 9.84 Å². The molecule has 5 aromatic rings. The van der Waals surface area contributed by atoms with E-state index in [1.54, 1.807) is 12.1 Å². The summed E-state index contributed by atoms with van der Waals surface area (Å²) in [6, 6.07) is 20.6. The number of para-hydroxylation sites is 1. The van der Waals surface area contributed by atoms with Gasteiger partial charge < -0.3 is 5.32 Å². The minimum absolute atomic E-state index is 0.165. The molecule has 3 aromatic carbocycles. The molecule has 5 rings (SSSR count). The molecular weight excluding hydrogens is 446 g/mol. The van der Waals surface area contributed by atoms with Crippen LogP contribution in [0.2, 0.25) is 0 Å².